The number of para-hydroxylation sites is 1. The van der Waals surface area contributed by atoms with Crippen LogP contribution in [0.25, 0.3) is 0 Å². The lowest BCUT2D eigenvalue weighted by atomic mass is 10.1. The van der Waals surface area contributed by atoms with Crippen LogP contribution in [-0.2, 0) is 16.6 Å². The molecule has 5 nitrogen and oxygen atoms in total. The Morgan fingerprint density at radius 3 is 2.14 bits per heavy atom. The molecule has 0 fully saturated rings. The van der Waals surface area contributed by atoms with E-state index in [9.17, 15) is 13.2 Å². The number of nitrogens with zero attached hydrogens (tertiary/aromatic N) is 1. The lowest BCUT2D eigenvalue weighted by molar-refractivity contribution is 0.0953. The minimum Gasteiger partial charge on any atom is -0.352 e. The van der Waals surface area contributed by atoms with Crippen LogP contribution in [0, 0.1) is 13.8 Å². The quantitative estimate of drug-likeness (QED) is 0.640. The van der Waals surface area contributed by atoms with Gasteiger partial charge in [0.25, 0.3) is 5.91 Å². The second-order valence-electron chi connectivity index (χ2n) is 7.17. The fourth-order valence-electron chi connectivity index (χ4n) is 3.17. The van der Waals surface area contributed by atoms with Crippen LogP contribution in [0.15, 0.2) is 42.5 Å². The number of hydrogen-bond acceptors (Lipinski definition) is 3. The standard InChI is InChI=1S/C22H30N2O3S/c1-5-6-7-15-23-22(25)20-13-11-19(12-14-20)16-24(28(4,26)27)21-17(2)9-8-10-18(21)3/h8-14H,5-7,15-16H2,1-4H3,(H,23,25). The first-order valence-corrected chi connectivity index (χ1v) is 11.5. The van der Waals surface area contributed by atoms with Crippen LogP contribution in [0.2, 0.25) is 0 Å². The molecule has 0 unspecified atom stereocenters. The van der Waals surface area contributed by atoms with Crippen molar-refractivity contribution >= 4 is 21.6 Å². The summed E-state index contributed by atoms with van der Waals surface area (Å²) >= 11 is 0. The van der Waals surface area contributed by atoms with E-state index in [1.54, 1.807) is 12.1 Å². The van der Waals surface area contributed by atoms with Gasteiger partial charge in [0.15, 0.2) is 0 Å². The van der Waals surface area contributed by atoms with E-state index in [2.05, 4.69) is 12.2 Å². The number of anilines is 1. The highest BCUT2D eigenvalue weighted by Gasteiger charge is 2.21. The molecule has 0 saturated heterocycles. The van der Waals surface area contributed by atoms with E-state index in [0.717, 1.165) is 36.0 Å². The molecule has 0 saturated carbocycles. The number of sulfonamides is 1. The predicted molar refractivity (Wildman–Crippen MR) is 115 cm³/mol. The molecule has 6 heteroatoms. The van der Waals surface area contributed by atoms with Crippen molar-refractivity contribution in [3.63, 3.8) is 0 Å². The van der Waals surface area contributed by atoms with Crippen molar-refractivity contribution in [1.82, 2.24) is 5.32 Å². The van der Waals surface area contributed by atoms with Crippen molar-refractivity contribution in [2.45, 2.75) is 46.6 Å². The van der Waals surface area contributed by atoms with E-state index in [0.29, 0.717) is 17.8 Å². The van der Waals surface area contributed by atoms with Crippen LogP contribution in [0.3, 0.4) is 0 Å². The Morgan fingerprint density at radius 1 is 1.00 bits per heavy atom. The summed E-state index contributed by atoms with van der Waals surface area (Å²) in [5, 5.41) is 2.91. The van der Waals surface area contributed by atoms with Gasteiger partial charge in [0.1, 0.15) is 0 Å². The maximum absolute atomic E-state index is 12.4. The zero-order valence-electron chi connectivity index (χ0n) is 17.2. The fourth-order valence-corrected chi connectivity index (χ4v) is 4.17. The largest absolute Gasteiger partial charge is 0.352 e. The summed E-state index contributed by atoms with van der Waals surface area (Å²) in [5.41, 5.74) is 3.94. The second-order valence-corrected chi connectivity index (χ2v) is 9.08. The Hall–Kier alpha value is -2.34. The molecule has 152 valence electrons. The molecule has 1 N–H and O–H groups in total. The molecule has 28 heavy (non-hydrogen) atoms. The average molecular weight is 403 g/mol. The number of carbonyl (C=O) groups excluding carboxylic acids is 1. The number of unbranched alkanes of at least 4 members (excludes halogenated alkanes) is 2. The van der Waals surface area contributed by atoms with Crippen LogP contribution in [0.5, 0.6) is 0 Å². The molecule has 0 spiro atoms. The van der Waals surface area contributed by atoms with Crippen LogP contribution in [-0.4, -0.2) is 27.1 Å². The van der Waals surface area contributed by atoms with Crippen LogP contribution >= 0.6 is 0 Å². The lowest BCUT2D eigenvalue weighted by Crippen LogP contribution is -2.30. The maximum Gasteiger partial charge on any atom is 0.251 e. The maximum atomic E-state index is 12.4. The Kier molecular flexibility index (Phi) is 7.63. The molecular formula is C22H30N2O3S. The molecule has 0 aromatic heterocycles. The normalized spacial score (nSPS) is 11.3. The summed E-state index contributed by atoms with van der Waals surface area (Å²) in [7, 11) is -3.45. The number of rotatable bonds is 9. The molecule has 0 aliphatic carbocycles. The van der Waals surface area contributed by atoms with Gasteiger partial charge in [-0.15, -0.1) is 0 Å². The van der Waals surface area contributed by atoms with Crippen LogP contribution in [0.1, 0.15) is 53.2 Å². The third-order valence-electron chi connectivity index (χ3n) is 4.70. The molecule has 0 aliphatic rings. The number of benzene rings is 2. The van der Waals surface area contributed by atoms with Crippen LogP contribution in [0.4, 0.5) is 5.69 Å². The molecule has 2 aromatic rings. The smallest absolute Gasteiger partial charge is 0.251 e. The summed E-state index contributed by atoms with van der Waals surface area (Å²) in [6.45, 7) is 6.84. The SMILES string of the molecule is CCCCCNC(=O)c1ccc(CN(c2c(C)cccc2C)S(C)(=O)=O)cc1. The molecule has 0 bridgehead atoms. The second kappa shape index (κ2) is 9.73. The third kappa shape index (κ3) is 5.83. The number of aryl methyl sites for hydroxylation is 2. The van der Waals surface area contributed by atoms with Crippen molar-refractivity contribution in [3.05, 3.63) is 64.7 Å². The van der Waals surface area contributed by atoms with Crippen molar-refractivity contribution in [2.75, 3.05) is 17.1 Å². The summed E-state index contributed by atoms with van der Waals surface area (Å²) in [6.07, 6.45) is 4.40. The Morgan fingerprint density at radius 2 is 1.61 bits per heavy atom. The van der Waals surface area contributed by atoms with Gasteiger partial charge >= 0.3 is 0 Å². The van der Waals surface area contributed by atoms with Gasteiger partial charge in [0.05, 0.1) is 18.5 Å². The van der Waals surface area contributed by atoms with Crippen molar-refractivity contribution in [1.29, 1.82) is 0 Å². The number of carbonyl (C=O) groups is 1. The molecular weight excluding hydrogens is 372 g/mol. The van der Waals surface area contributed by atoms with E-state index in [1.165, 1.54) is 10.6 Å². The van der Waals surface area contributed by atoms with Gasteiger partial charge in [-0.25, -0.2) is 8.42 Å². The molecule has 0 aliphatic heterocycles. The van der Waals surface area contributed by atoms with E-state index in [-0.39, 0.29) is 12.5 Å². The predicted octanol–water partition coefficient (Wildman–Crippen LogP) is 4.19. The van der Waals surface area contributed by atoms with Gasteiger partial charge in [0, 0.05) is 12.1 Å². The first kappa shape index (κ1) is 22.0. The van der Waals surface area contributed by atoms with Gasteiger partial charge in [-0.05, 0) is 49.1 Å². The highest BCUT2D eigenvalue weighted by atomic mass is 32.2. The van der Waals surface area contributed by atoms with E-state index >= 15 is 0 Å². The molecule has 0 radical (unpaired) electrons. The van der Waals surface area contributed by atoms with E-state index < -0.39 is 10.0 Å². The topological polar surface area (TPSA) is 66.5 Å². The van der Waals surface area contributed by atoms with Gasteiger partial charge in [0.2, 0.25) is 10.0 Å². The average Bonchev–Trinajstić information content (AvgIpc) is 2.64. The lowest BCUT2D eigenvalue weighted by Gasteiger charge is -2.26. The number of hydrogen-bond donors (Lipinski definition) is 1. The third-order valence-corrected chi connectivity index (χ3v) is 5.81. The van der Waals surface area contributed by atoms with Gasteiger partial charge in [-0.1, -0.05) is 50.1 Å². The highest BCUT2D eigenvalue weighted by Crippen LogP contribution is 2.28. The van der Waals surface area contributed by atoms with Gasteiger partial charge in [-0.2, -0.15) is 0 Å². The molecule has 0 atom stereocenters. The number of amides is 1. The Labute approximate surface area is 168 Å². The summed E-state index contributed by atoms with van der Waals surface area (Å²) in [6, 6.07) is 12.9. The zero-order chi connectivity index (χ0) is 20.7. The Balaban J connectivity index is 2.17. The first-order chi connectivity index (χ1) is 13.2. The van der Waals surface area contributed by atoms with Crippen molar-refractivity contribution < 1.29 is 13.2 Å². The molecule has 2 aromatic carbocycles. The minimum absolute atomic E-state index is 0.0997. The van der Waals surface area contributed by atoms with Crippen molar-refractivity contribution in [2.24, 2.45) is 0 Å². The molecule has 2 rings (SSSR count). The minimum atomic E-state index is -3.45. The van der Waals surface area contributed by atoms with Gasteiger partial charge in [-0.3, -0.25) is 9.10 Å². The van der Waals surface area contributed by atoms with Crippen molar-refractivity contribution in [3.8, 4) is 0 Å². The van der Waals surface area contributed by atoms with Crippen LogP contribution < -0.4 is 9.62 Å². The molecule has 1 amide bonds. The van der Waals surface area contributed by atoms with E-state index in [1.807, 2.05) is 44.2 Å². The van der Waals surface area contributed by atoms with E-state index in [4.69, 9.17) is 0 Å². The summed E-state index contributed by atoms with van der Waals surface area (Å²) in [5.74, 6) is -0.0997. The zero-order valence-corrected chi connectivity index (χ0v) is 18.0. The first-order valence-electron chi connectivity index (χ1n) is 9.65. The monoisotopic (exact) mass is 402 g/mol. The summed E-state index contributed by atoms with van der Waals surface area (Å²) in [4.78, 5) is 12.2. The number of nitrogens with one attached hydrogen (secondary N) is 1. The Bertz CT molecular complexity index is 886. The fraction of sp³-hybridized carbons (Fsp3) is 0.409. The summed E-state index contributed by atoms with van der Waals surface area (Å²) < 4.78 is 26.3. The molecule has 0 heterocycles. The highest BCUT2D eigenvalue weighted by molar-refractivity contribution is 7.92. The van der Waals surface area contributed by atoms with Gasteiger partial charge < -0.3 is 5.32 Å².